The van der Waals surface area contributed by atoms with Crippen LogP contribution in [-0.2, 0) is 6.54 Å². The molecule has 0 amide bonds. The molecule has 0 N–H and O–H groups in total. The summed E-state index contributed by atoms with van der Waals surface area (Å²) >= 11 is 6.76. The molecule has 27 heavy (non-hydrogen) atoms. The number of rotatable bonds is 4. The number of nitrogens with zero attached hydrogens (tertiary/aromatic N) is 2. The molecule has 0 aliphatic heterocycles. The van der Waals surface area contributed by atoms with E-state index in [0.29, 0.717) is 11.7 Å². The zero-order valence-corrected chi connectivity index (χ0v) is 15.6. The lowest BCUT2D eigenvalue weighted by atomic mass is 10.0. The highest BCUT2D eigenvalue weighted by atomic mass is 35.5. The van der Waals surface area contributed by atoms with E-state index < -0.39 is 0 Å². The number of halogens is 2. The highest BCUT2D eigenvalue weighted by molar-refractivity contribution is 6.33. The van der Waals surface area contributed by atoms with Gasteiger partial charge in [-0.25, -0.2) is 9.07 Å². The summed E-state index contributed by atoms with van der Waals surface area (Å²) in [6.07, 6.45) is 0. The molecule has 0 atom stereocenters. The van der Waals surface area contributed by atoms with Gasteiger partial charge in [-0.3, -0.25) is 0 Å². The molecular formula is C23H18ClFN2. The first-order valence-corrected chi connectivity index (χ1v) is 9.13. The molecule has 0 bridgehead atoms. The average Bonchev–Trinajstić information content (AvgIpc) is 3.00. The summed E-state index contributed by atoms with van der Waals surface area (Å²) in [4.78, 5) is 0. The van der Waals surface area contributed by atoms with E-state index in [2.05, 4.69) is 12.1 Å². The van der Waals surface area contributed by atoms with Crippen molar-refractivity contribution in [3.05, 3.63) is 101 Å². The minimum absolute atomic E-state index is 0.273. The Morgan fingerprint density at radius 3 is 2.15 bits per heavy atom. The standard InChI is InChI=1S/C23H18ClFN2/c1-16-7-9-18(10-8-16)21-22(19-11-13-20(25)14-12-19)26-27(23(21)24)15-17-5-3-2-4-6-17/h2-14H,15H2,1H3. The van der Waals surface area contributed by atoms with Gasteiger partial charge in [0.1, 0.15) is 16.7 Å². The van der Waals surface area contributed by atoms with Crippen LogP contribution in [0.1, 0.15) is 11.1 Å². The van der Waals surface area contributed by atoms with Crippen LogP contribution in [0, 0.1) is 12.7 Å². The smallest absolute Gasteiger partial charge is 0.135 e. The van der Waals surface area contributed by atoms with Gasteiger partial charge in [0.15, 0.2) is 0 Å². The normalized spacial score (nSPS) is 10.9. The summed E-state index contributed by atoms with van der Waals surface area (Å²) < 4.78 is 15.2. The van der Waals surface area contributed by atoms with Crippen molar-refractivity contribution >= 4 is 11.6 Å². The molecule has 1 aromatic heterocycles. The van der Waals surface area contributed by atoms with E-state index in [4.69, 9.17) is 16.7 Å². The molecule has 4 heteroatoms. The first kappa shape index (κ1) is 17.5. The average molecular weight is 377 g/mol. The van der Waals surface area contributed by atoms with Crippen LogP contribution in [0.5, 0.6) is 0 Å². The van der Waals surface area contributed by atoms with Crippen LogP contribution in [-0.4, -0.2) is 9.78 Å². The van der Waals surface area contributed by atoms with Crippen LogP contribution in [0.15, 0.2) is 78.9 Å². The van der Waals surface area contributed by atoms with Crippen molar-refractivity contribution in [2.24, 2.45) is 0 Å². The summed E-state index contributed by atoms with van der Waals surface area (Å²) in [5.41, 5.74) is 5.72. The number of hydrogen-bond donors (Lipinski definition) is 0. The number of hydrogen-bond acceptors (Lipinski definition) is 1. The molecule has 0 spiro atoms. The van der Waals surface area contributed by atoms with Gasteiger partial charge in [-0.2, -0.15) is 5.10 Å². The largest absolute Gasteiger partial charge is 0.248 e. The van der Waals surface area contributed by atoms with Gasteiger partial charge in [0.25, 0.3) is 0 Å². The van der Waals surface area contributed by atoms with Crippen LogP contribution in [0.25, 0.3) is 22.4 Å². The molecule has 4 aromatic rings. The Morgan fingerprint density at radius 1 is 0.852 bits per heavy atom. The number of aromatic nitrogens is 2. The molecule has 0 fully saturated rings. The van der Waals surface area contributed by atoms with Crippen LogP contribution < -0.4 is 0 Å². The van der Waals surface area contributed by atoms with Crippen molar-refractivity contribution < 1.29 is 4.39 Å². The predicted octanol–water partition coefficient (Wildman–Crippen LogP) is 6.37. The zero-order valence-electron chi connectivity index (χ0n) is 14.9. The van der Waals surface area contributed by atoms with Crippen molar-refractivity contribution in [2.45, 2.75) is 13.5 Å². The lowest BCUT2D eigenvalue weighted by Gasteiger charge is -2.05. The van der Waals surface area contributed by atoms with Crippen molar-refractivity contribution in [3.8, 4) is 22.4 Å². The lowest BCUT2D eigenvalue weighted by molar-refractivity contribution is 0.628. The lowest BCUT2D eigenvalue weighted by Crippen LogP contribution is -2.01. The second-order valence-corrected chi connectivity index (χ2v) is 6.89. The topological polar surface area (TPSA) is 17.8 Å². The van der Waals surface area contributed by atoms with Crippen molar-refractivity contribution in [1.82, 2.24) is 9.78 Å². The summed E-state index contributed by atoms with van der Waals surface area (Å²) in [6, 6.07) is 24.6. The van der Waals surface area contributed by atoms with Gasteiger partial charge in [0.05, 0.1) is 6.54 Å². The van der Waals surface area contributed by atoms with Crippen molar-refractivity contribution in [1.29, 1.82) is 0 Å². The minimum atomic E-state index is -0.273. The molecule has 0 saturated heterocycles. The Hall–Kier alpha value is -2.91. The third kappa shape index (κ3) is 3.64. The number of aryl methyl sites for hydroxylation is 1. The van der Waals surface area contributed by atoms with E-state index in [1.54, 1.807) is 16.8 Å². The molecule has 0 unspecified atom stereocenters. The monoisotopic (exact) mass is 376 g/mol. The fraction of sp³-hybridized carbons (Fsp3) is 0.0870. The van der Waals surface area contributed by atoms with E-state index >= 15 is 0 Å². The Labute approximate surface area is 162 Å². The van der Waals surface area contributed by atoms with E-state index in [9.17, 15) is 4.39 Å². The van der Waals surface area contributed by atoms with Crippen LogP contribution >= 0.6 is 11.6 Å². The Morgan fingerprint density at radius 2 is 1.48 bits per heavy atom. The van der Waals surface area contributed by atoms with Gasteiger partial charge < -0.3 is 0 Å². The quantitative estimate of drug-likeness (QED) is 0.405. The predicted molar refractivity (Wildman–Crippen MR) is 108 cm³/mol. The molecular weight excluding hydrogens is 359 g/mol. The maximum Gasteiger partial charge on any atom is 0.135 e. The van der Waals surface area contributed by atoms with Gasteiger partial charge in [-0.05, 0) is 42.3 Å². The Kier molecular flexibility index (Phi) is 4.78. The second-order valence-electron chi connectivity index (χ2n) is 6.53. The molecule has 3 aromatic carbocycles. The molecule has 0 aliphatic rings. The van der Waals surface area contributed by atoms with Crippen LogP contribution in [0.2, 0.25) is 5.15 Å². The highest BCUT2D eigenvalue weighted by Crippen LogP contribution is 2.37. The van der Waals surface area contributed by atoms with E-state index in [1.807, 2.05) is 49.4 Å². The van der Waals surface area contributed by atoms with Crippen molar-refractivity contribution in [2.75, 3.05) is 0 Å². The second kappa shape index (κ2) is 7.37. The molecule has 0 aliphatic carbocycles. The fourth-order valence-electron chi connectivity index (χ4n) is 3.09. The first-order chi connectivity index (χ1) is 13.1. The Balaban J connectivity index is 1.86. The van der Waals surface area contributed by atoms with Crippen LogP contribution in [0.3, 0.4) is 0 Å². The highest BCUT2D eigenvalue weighted by Gasteiger charge is 2.19. The third-order valence-corrected chi connectivity index (χ3v) is 4.91. The fourth-order valence-corrected chi connectivity index (χ4v) is 3.38. The van der Waals surface area contributed by atoms with Gasteiger partial charge in [-0.1, -0.05) is 71.8 Å². The third-order valence-electron chi connectivity index (χ3n) is 4.52. The SMILES string of the molecule is Cc1ccc(-c2c(-c3ccc(F)cc3)nn(Cc3ccccc3)c2Cl)cc1. The summed E-state index contributed by atoms with van der Waals surface area (Å²) in [5.74, 6) is -0.273. The first-order valence-electron chi connectivity index (χ1n) is 8.75. The van der Waals surface area contributed by atoms with E-state index in [-0.39, 0.29) is 5.82 Å². The van der Waals surface area contributed by atoms with Gasteiger partial charge in [0.2, 0.25) is 0 Å². The summed E-state index contributed by atoms with van der Waals surface area (Å²) in [7, 11) is 0. The van der Waals surface area contributed by atoms with Crippen LogP contribution in [0.4, 0.5) is 4.39 Å². The zero-order chi connectivity index (χ0) is 18.8. The molecule has 4 rings (SSSR count). The molecule has 2 nitrogen and oxygen atoms in total. The van der Waals surface area contributed by atoms with Gasteiger partial charge in [-0.15, -0.1) is 0 Å². The van der Waals surface area contributed by atoms with E-state index in [0.717, 1.165) is 27.9 Å². The summed E-state index contributed by atoms with van der Waals surface area (Å²) in [6.45, 7) is 2.62. The van der Waals surface area contributed by atoms with Crippen molar-refractivity contribution in [3.63, 3.8) is 0 Å². The molecule has 1 heterocycles. The Bertz CT molecular complexity index is 1050. The molecule has 0 radical (unpaired) electrons. The minimum Gasteiger partial charge on any atom is -0.248 e. The summed E-state index contributed by atoms with van der Waals surface area (Å²) in [5, 5.41) is 5.34. The molecule has 0 saturated carbocycles. The molecule has 134 valence electrons. The van der Waals surface area contributed by atoms with E-state index in [1.165, 1.54) is 17.7 Å². The van der Waals surface area contributed by atoms with Gasteiger partial charge in [0, 0.05) is 11.1 Å². The maximum atomic E-state index is 13.4. The van der Waals surface area contributed by atoms with Gasteiger partial charge >= 0.3 is 0 Å². The maximum absolute atomic E-state index is 13.4. The number of benzene rings is 3.